The van der Waals surface area contributed by atoms with Crippen LogP contribution in [0.1, 0.15) is 30.4 Å². The number of thiophene rings is 1. The van der Waals surface area contributed by atoms with Crippen LogP contribution >= 0.6 is 11.3 Å². The molecule has 3 aromatic rings. The van der Waals surface area contributed by atoms with E-state index in [1.807, 2.05) is 0 Å². The highest BCUT2D eigenvalue weighted by molar-refractivity contribution is 7.92. The Kier molecular flexibility index (Phi) is 6.91. The molecule has 3 rings (SSSR count). The molecule has 0 atom stereocenters. The Morgan fingerprint density at radius 2 is 1.44 bits per heavy atom. The van der Waals surface area contributed by atoms with Crippen LogP contribution in [-0.2, 0) is 10.0 Å². The molecule has 0 bridgehead atoms. The zero-order valence-electron chi connectivity index (χ0n) is 17.1. The van der Waals surface area contributed by atoms with E-state index in [9.17, 15) is 22.8 Å². The Bertz CT molecular complexity index is 1270. The zero-order valence-corrected chi connectivity index (χ0v) is 18.8. The molecule has 9 nitrogen and oxygen atoms in total. The predicted octanol–water partition coefficient (Wildman–Crippen LogP) is 2.98. The summed E-state index contributed by atoms with van der Waals surface area (Å²) < 4.78 is 25.1. The van der Waals surface area contributed by atoms with Crippen molar-refractivity contribution >= 4 is 56.1 Å². The van der Waals surface area contributed by atoms with Crippen LogP contribution in [0.15, 0.2) is 60.0 Å². The molecule has 2 aromatic carbocycles. The van der Waals surface area contributed by atoms with E-state index < -0.39 is 21.8 Å². The molecule has 4 N–H and O–H groups in total. The highest BCUT2D eigenvalue weighted by Crippen LogP contribution is 2.21. The van der Waals surface area contributed by atoms with Gasteiger partial charge in [0.25, 0.3) is 17.7 Å². The molecule has 0 aliphatic rings. The number of carbonyl (C=O) groups excluding carboxylic acids is 3. The lowest BCUT2D eigenvalue weighted by Crippen LogP contribution is -2.17. The number of carbonyl (C=O) groups is 3. The second-order valence-corrected chi connectivity index (χ2v) is 9.38. The van der Waals surface area contributed by atoms with Gasteiger partial charge in [0, 0.05) is 29.4 Å². The fraction of sp³-hybridized carbons (Fsp3) is 0.0952. The second kappa shape index (κ2) is 9.62. The van der Waals surface area contributed by atoms with E-state index in [2.05, 4.69) is 20.7 Å². The molecule has 0 spiro atoms. The first-order valence-electron chi connectivity index (χ1n) is 9.26. The SMILES string of the molecule is CNC(=O)c1ccc(NC(=O)c2csc(C(=O)Nc3cccc(NS(C)(=O)=O)c3)c2)cc1. The van der Waals surface area contributed by atoms with Crippen LogP contribution in [0, 0.1) is 0 Å². The number of rotatable bonds is 7. The number of sulfonamides is 1. The molecule has 0 fully saturated rings. The van der Waals surface area contributed by atoms with Crippen molar-refractivity contribution in [2.75, 3.05) is 28.7 Å². The van der Waals surface area contributed by atoms with Gasteiger partial charge in [0.1, 0.15) is 0 Å². The van der Waals surface area contributed by atoms with Crippen molar-refractivity contribution in [3.05, 3.63) is 76.0 Å². The average molecular weight is 473 g/mol. The molecule has 1 heterocycles. The Balaban J connectivity index is 1.65. The standard InChI is InChI=1S/C21H20N4O5S2/c1-22-19(26)13-6-8-15(9-7-13)23-20(27)14-10-18(31-12-14)21(28)24-16-4-3-5-17(11-16)25-32(2,29)30/h3-12,25H,1-2H3,(H,22,26)(H,23,27)(H,24,28). The molecule has 32 heavy (non-hydrogen) atoms. The lowest BCUT2D eigenvalue weighted by molar-refractivity contribution is 0.0961. The van der Waals surface area contributed by atoms with Crippen molar-refractivity contribution in [2.24, 2.45) is 0 Å². The molecule has 0 saturated heterocycles. The van der Waals surface area contributed by atoms with Crippen molar-refractivity contribution in [3.63, 3.8) is 0 Å². The summed E-state index contributed by atoms with van der Waals surface area (Å²) in [5.41, 5.74) is 2.01. The highest BCUT2D eigenvalue weighted by atomic mass is 32.2. The van der Waals surface area contributed by atoms with Crippen LogP contribution in [0.3, 0.4) is 0 Å². The summed E-state index contributed by atoms with van der Waals surface area (Å²) in [5, 5.41) is 9.47. The Hall–Kier alpha value is -3.70. The van der Waals surface area contributed by atoms with E-state index in [1.54, 1.807) is 47.8 Å². The summed E-state index contributed by atoms with van der Waals surface area (Å²) in [6.07, 6.45) is 1.03. The van der Waals surface area contributed by atoms with Gasteiger partial charge in [-0.2, -0.15) is 0 Å². The first-order chi connectivity index (χ1) is 15.1. The number of anilines is 3. The van der Waals surface area contributed by atoms with Crippen LogP contribution in [0.2, 0.25) is 0 Å². The van der Waals surface area contributed by atoms with Gasteiger partial charge in [-0.1, -0.05) is 6.07 Å². The molecule has 1 aromatic heterocycles. The Morgan fingerprint density at radius 3 is 2.09 bits per heavy atom. The van der Waals surface area contributed by atoms with E-state index in [0.717, 1.165) is 17.6 Å². The maximum Gasteiger partial charge on any atom is 0.265 e. The Morgan fingerprint density at radius 1 is 0.781 bits per heavy atom. The van der Waals surface area contributed by atoms with Gasteiger partial charge in [-0.25, -0.2) is 8.42 Å². The third-order valence-corrected chi connectivity index (χ3v) is 5.68. The van der Waals surface area contributed by atoms with Gasteiger partial charge in [-0.05, 0) is 48.5 Å². The molecule has 0 unspecified atom stereocenters. The summed E-state index contributed by atoms with van der Waals surface area (Å²) in [7, 11) is -1.91. The summed E-state index contributed by atoms with van der Waals surface area (Å²) in [6.45, 7) is 0. The molecule has 0 aliphatic carbocycles. The van der Waals surface area contributed by atoms with Gasteiger partial charge in [0.05, 0.1) is 22.4 Å². The molecule has 0 aliphatic heterocycles. The fourth-order valence-corrected chi connectivity index (χ4v) is 4.03. The summed E-state index contributed by atoms with van der Waals surface area (Å²) in [6, 6.07) is 14.1. The monoisotopic (exact) mass is 472 g/mol. The molecule has 0 radical (unpaired) electrons. The normalized spacial score (nSPS) is 10.8. The van der Waals surface area contributed by atoms with Gasteiger partial charge in [0.2, 0.25) is 10.0 Å². The van der Waals surface area contributed by atoms with Crippen LogP contribution < -0.4 is 20.7 Å². The van der Waals surface area contributed by atoms with Crippen LogP contribution in [-0.4, -0.2) is 39.4 Å². The third-order valence-electron chi connectivity index (χ3n) is 4.14. The Labute approximate surface area is 188 Å². The largest absolute Gasteiger partial charge is 0.355 e. The van der Waals surface area contributed by atoms with Gasteiger partial charge >= 0.3 is 0 Å². The first kappa shape index (κ1) is 23.0. The fourth-order valence-electron chi connectivity index (χ4n) is 2.69. The minimum atomic E-state index is -3.44. The average Bonchev–Trinajstić information content (AvgIpc) is 3.23. The highest BCUT2D eigenvalue weighted by Gasteiger charge is 2.15. The molecule has 166 valence electrons. The molecule has 3 amide bonds. The first-order valence-corrected chi connectivity index (χ1v) is 12.0. The van der Waals surface area contributed by atoms with Crippen molar-refractivity contribution in [1.29, 1.82) is 0 Å². The van der Waals surface area contributed by atoms with Crippen molar-refractivity contribution in [3.8, 4) is 0 Å². The maximum absolute atomic E-state index is 12.5. The van der Waals surface area contributed by atoms with Gasteiger partial charge in [0.15, 0.2) is 0 Å². The molecular formula is C21H20N4O5S2. The predicted molar refractivity (Wildman–Crippen MR) is 125 cm³/mol. The van der Waals surface area contributed by atoms with Crippen LogP contribution in [0.4, 0.5) is 17.1 Å². The molecule has 11 heteroatoms. The van der Waals surface area contributed by atoms with Crippen molar-refractivity contribution < 1.29 is 22.8 Å². The van der Waals surface area contributed by atoms with Crippen molar-refractivity contribution in [1.82, 2.24) is 5.32 Å². The maximum atomic E-state index is 12.5. The minimum absolute atomic E-state index is 0.228. The van der Waals surface area contributed by atoms with Crippen LogP contribution in [0.5, 0.6) is 0 Å². The van der Waals surface area contributed by atoms with Gasteiger partial charge in [-0.3, -0.25) is 19.1 Å². The number of hydrogen-bond acceptors (Lipinski definition) is 6. The third kappa shape index (κ3) is 6.15. The number of amides is 3. The molecule has 0 saturated carbocycles. The quantitative estimate of drug-likeness (QED) is 0.420. The number of nitrogens with one attached hydrogen (secondary N) is 4. The lowest BCUT2D eigenvalue weighted by Gasteiger charge is -2.07. The van der Waals surface area contributed by atoms with E-state index in [4.69, 9.17) is 0 Å². The molecular weight excluding hydrogens is 452 g/mol. The van der Waals surface area contributed by atoms with E-state index in [-0.39, 0.29) is 5.91 Å². The number of hydrogen-bond donors (Lipinski definition) is 4. The topological polar surface area (TPSA) is 133 Å². The number of benzene rings is 2. The van der Waals surface area contributed by atoms with Crippen LogP contribution in [0.25, 0.3) is 0 Å². The zero-order chi connectivity index (χ0) is 23.3. The second-order valence-electron chi connectivity index (χ2n) is 6.72. The smallest absolute Gasteiger partial charge is 0.265 e. The minimum Gasteiger partial charge on any atom is -0.355 e. The van der Waals surface area contributed by atoms with Gasteiger partial charge < -0.3 is 16.0 Å². The van der Waals surface area contributed by atoms with Gasteiger partial charge in [-0.15, -0.1) is 11.3 Å². The van der Waals surface area contributed by atoms with Crippen molar-refractivity contribution in [2.45, 2.75) is 0 Å². The van der Waals surface area contributed by atoms with E-state index in [0.29, 0.717) is 33.1 Å². The summed E-state index contributed by atoms with van der Waals surface area (Å²) in [4.78, 5) is 36.9. The summed E-state index contributed by atoms with van der Waals surface area (Å²) >= 11 is 1.10. The lowest BCUT2D eigenvalue weighted by atomic mass is 10.2. The summed E-state index contributed by atoms with van der Waals surface area (Å²) in [5.74, 6) is -1.05. The van der Waals surface area contributed by atoms with E-state index >= 15 is 0 Å². The van der Waals surface area contributed by atoms with E-state index in [1.165, 1.54) is 19.2 Å².